The molecule has 0 aliphatic carbocycles. The summed E-state index contributed by atoms with van der Waals surface area (Å²) in [5.41, 5.74) is 3.17. The van der Waals surface area contributed by atoms with Crippen molar-refractivity contribution in [3.8, 4) is 11.4 Å². The van der Waals surface area contributed by atoms with E-state index in [1.54, 1.807) is 19.9 Å². The number of sulfonamides is 1. The fraction of sp³-hybridized carbons (Fsp3) is 0.261. The lowest BCUT2D eigenvalue weighted by Gasteiger charge is -2.20. The Balaban J connectivity index is 1.88. The number of benzene rings is 2. The second-order valence-electron chi connectivity index (χ2n) is 7.12. The van der Waals surface area contributed by atoms with Gasteiger partial charge in [0.15, 0.2) is 5.82 Å². The van der Waals surface area contributed by atoms with Crippen molar-refractivity contribution < 1.29 is 13.2 Å². The molecule has 0 unspecified atom stereocenters. The van der Waals surface area contributed by atoms with Crippen molar-refractivity contribution in [1.29, 1.82) is 0 Å². The van der Waals surface area contributed by atoms with Crippen molar-refractivity contribution in [3.05, 3.63) is 71.5 Å². The highest BCUT2D eigenvalue weighted by molar-refractivity contribution is 7.89. The van der Waals surface area contributed by atoms with E-state index in [4.69, 9.17) is 0 Å². The number of carbonyl (C=O) groups excluding carboxylic acids is 1. The van der Waals surface area contributed by atoms with E-state index in [9.17, 15) is 13.2 Å². The molecule has 0 aliphatic rings. The second-order valence-corrected chi connectivity index (χ2v) is 9.06. The summed E-state index contributed by atoms with van der Waals surface area (Å²) in [4.78, 5) is 21.5. The standard InChI is InChI=1S/C23H26N4O3S/c1-5-27(6-2)31(29,30)20-12-16(3)17(4)21(13-20)26-23(28)19-14-24-22(25-15-19)18-10-8-7-9-11-18/h7-15H,5-6H2,1-4H3,(H,26,28). The van der Waals surface area contributed by atoms with Crippen LogP contribution in [0.3, 0.4) is 0 Å². The second kappa shape index (κ2) is 9.36. The molecule has 1 N–H and O–H groups in total. The van der Waals surface area contributed by atoms with Crippen LogP contribution in [0.1, 0.15) is 35.3 Å². The van der Waals surface area contributed by atoms with Gasteiger partial charge in [-0.05, 0) is 37.1 Å². The Hall–Kier alpha value is -3.10. The number of rotatable bonds is 7. The maximum atomic E-state index is 12.9. The van der Waals surface area contributed by atoms with Crippen LogP contribution in [0.25, 0.3) is 11.4 Å². The average molecular weight is 439 g/mol. The predicted octanol–water partition coefficient (Wildman–Crippen LogP) is 4.04. The number of anilines is 1. The molecule has 0 bridgehead atoms. The molecule has 8 heteroatoms. The largest absolute Gasteiger partial charge is 0.322 e. The zero-order valence-electron chi connectivity index (χ0n) is 18.1. The summed E-state index contributed by atoms with van der Waals surface area (Å²) in [6.45, 7) is 8.00. The number of aryl methyl sites for hydroxylation is 1. The molecule has 0 aliphatic heterocycles. The Bertz CT molecular complexity index is 1170. The lowest BCUT2D eigenvalue weighted by molar-refractivity contribution is 0.102. The fourth-order valence-electron chi connectivity index (χ4n) is 3.19. The molecule has 0 spiro atoms. The van der Waals surface area contributed by atoms with Crippen LogP contribution in [-0.4, -0.2) is 41.7 Å². The van der Waals surface area contributed by atoms with E-state index in [2.05, 4.69) is 15.3 Å². The highest BCUT2D eigenvalue weighted by atomic mass is 32.2. The lowest BCUT2D eigenvalue weighted by Crippen LogP contribution is -2.30. The van der Waals surface area contributed by atoms with E-state index in [0.29, 0.717) is 24.6 Å². The molecule has 7 nitrogen and oxygen atoms in total. The highest BCUT2D eigenvalue weighted by Gasteiger charge is 2.23. The van der Waals surface area contributed by atoms with Gasteiger partial charge in [0.1, 0.15) is 0 Å². The molecular weight excluding hydrogens is 412 g/mol. The summed E-state index contributed by atoms with van der Waals surface area (Å²) < 4.78 is 27.3. The summed E-state index contributed by atoms with van der Waals surface area (Å²) in [5, 5.41) is 2.81. The maximum Gasteiger partial charge on any atom is 0.258 e. The van der Waals surface area contributed by atoms with Gasteiger partial charge in [-0.25, -0.2) is 18.4 Å². The monoisotopic (exact) mass is 438 g/mol. The van der Waals surface area contributed by atoms with E-state index in [1.807, 2.05) is 44.2 Å². The number of nitrogens with one attached hydrogen (secondary N) is 1. The van der Waals surface area contributed by atoms with Crippen LogP contribution in [0.2, 0.25) is 0 Å². The number of hydrogen-bond donors (Lipinski definition) is 1. The third-order valence-electron chi connectivity index (χ3n) is 5.18. The van der Waals surface area contributed by atoms with Crippen molar-refractivity contribution >= 4 is 21.6 Å². The van der Waals surface area contributed by atoms with Crippen LogP contribution in [0, 0.1) is 13.8 Å². The minimum atomic E-state index is -3.64. The Labute approximate surface area is 183 Å². The SMILES string of the molecule is CCN(CC)S(=O)(=O)c1cc(C)c(C)c(NC(=O)c2cnc(-c3ccccc3)nc2)c1. The van der Waals surface area contributed by atoms with Gasteiger partial charge >= 0.3 is 0 Å². The van der Waals surface area contributed by atoms with Crippen molar-refractivity contribution in [1.82, 2.24) is 14.3 Å². The molecule has 0 saturated carbocycles. The van der Waals surface area contributed by atoms with Crippen LogP contribution < -0.4 is 5.32 Å². The summed E-state index contributed by atoms with van der Waals surface area (Å²) in [7, 11) is -3.64. The smallest absolute Gasteiger partial charge is 0.258 e. The number of amides is 1. The lowest BCUT2D eigenvalue weighted by atomic mass is 10.1. The van der Waals surface area contributed by atoms with Gasteiger partial charge in [0.05, 0.1) is 10.5 Å². The molecule has 2 aromatic carbocycles. The van der Waals surface area contributed by atoms with Crippen LogP contribution in [0.15, 0.2) is 59.8 Å². The molecule has 1 amide bonds. The number of aromatic nitrogens is 2. The number of hydrogen-bond acceptors (Lipinski definition) is 5. The molecule has 0 saturated heterocycles. The van der Waals surface area contributed by atoms with Crippen LogP contribution in [0.5, 0.6) is 0 Å². The van der Waals surface area contributed by atoms with E-state index < -0.39 is 15.9 Å². The van der Waals surface area contributed by atoms with Gasteiger partial charge in [0.2, 0.25) is 10.0 Å². The average Bonchev–Trinajstić information content (AvgIpc) is 2.78. The fourth-order valence-corrected chi connectivity index (χ4v) is 4.76. The van der Waals surface area contributed by atoms with Crippen LogP contribution in [0.4, 0.5) is 5.69 Å². The molecule has 0 atom stereocenters. The molecule has 31 heavy (non-hydrogen) atoms. The third kappa shape index (κ3) is 4.81. The first-order valence-electron chi connectivity index (χ1n) is 10.1. The van der Waals surface area contributed by atoms with Gasteiger partial charge in [-0.3, -0.25) is 4.79 Å². The van der Waals surface area contributed by atoms with Gasteiger partial charge in [-0.15, -0.1) is 0 Å². The highest BCUT2D eigenvalue weighted by Crippen LogP contribution is 2.26. The van der Waals surface area contributed by atoms with Gasteiger partial charge in [-0.1, -0.05) is 44.2 Å². The normalized spacial score (nSPS) is 11.5. The first-order chi connectivity index (χ1) is 14.8. The topological polar surface area (TPSA) is 92.3 Å². The Kier molecular flexibility index (Phi) is 6.82. The molecule has 1 heterocycles. The van der Waals surface area contributed by atoms with Crippen molar-refractivity contribution in [2.45, 2.75) is 32.6 Å². The van der Waals surface area contributed by atoms with Crippen LogP contribution >= 0.6 is 0 Å². The number of carbonyl (C=O) groups is 1. The predicted molar refractivity (Wildman–Crippen MR) is 121 cm³/mol. The van der Waals surface area contributed by atoms with Crippen molar-refractivity contribution in [2.75, 3.05) is 18.4 Å². The minimum Gasteiger partial charge on any atom is -0.322 e. The summed E-state index contributed by atoms with van der Waals surface area (Å²) in [6.07, 6.45) is 2.92. The maximum absolute atomic E-state index is 12.9. The van der Waals surface area contributed by atoms with Gasteiger partial charge in [0, 0.05) is 36.7 Å². The molecule has 0 fully saturated rings. The zero-order valence-corrected chi connectivity index (χ0v) is 18.9. The first kappa shape index (κ1) is 22.6. The minimum absolute atomic E-state index is 0.158. The Morgan fingerprint density at radius 2 is 1.61 bits per heavy atom. The first-order valence-corrected chi connectivity index (χ1v) is 11.5. The van der Waals surface area contributed by atoms with E-state index in [0.717, 1.165) is 16.7 Å². The Morgan fingerprint density at radius 1 is 1.00 bits per heavy atom. The molecule has 162 valence electrons. The quantitative estimate of drug-likeness (QED) is 0.601. The van der Waals surface area contributed by atoms with Crippen LogP contribution in [-0.2, 0) is 10.0 Å². The van der Waals surface area contributed by atoms with Gasteiger partial charge in [-0.2, -0.15) is 4.31 Å². The molecule has 0 radical (unpaired) electrons. The van der Waals surface area contributed by atoms with Gasteiger partial charge < -0.3 is 5.32 Å². The van der Waals surface area contributed by atoms with Crippen molar-refractivity contribution in [3.63, 3.8) is 0 Å². The molecule has 3 aromatic rings. The molecule has 1 aromatic heterocycles. The van der Waals surface area contributed by atoms with Gasteiger partial charge in [0.25, 0.3) is 5.91 Å². The Morgan fingerprint density at radius 3 is 2.19 bits per heavy atom. The third-order valence-corrected chi connectivity index (χ3v) is 7.21. The van der Waals surface area contributed by atoms with E-state index >= 15 is 0 Å². The molecular formula is C23H26N4O3S. The summed E-state index contributed by atoms with van der Waals surface area (Å²) in [5.74, 6) is 0.121. The summed E-state index contributed by atoms with van der Waals surface area (Å²) in [6, 6.07) is 12.6. The van der Waals surface area contributed by atoms with E-state index in [1.165, 1.54) is 22.8 Å². The van der Waals surface area contributed by atoms with Crippen molar-refractivity contribution in [2.24, 2.45) is 0 Å². The zero-order chi connectivity index (χ0) is 22.6. The summed E-state index contributed by atoms with van der Waals surface area (Å²) >= 11 is 0. The molecule has 3 rings (SSSR count). The number of nitrogens with zero attached hydrogens (tertiary/aromatic N) is 3. The van der Waals surface area contributed by atoms with E-state index in [-0.39, 0.29) is 10.5 Å².